The first kappa shape index (κ1) is 18.1. The second kappa shape index (κ2) is 6.89. The number of sulfonamides is 1. The highest BCUT2D eigenvalue weighted by Gasteiger charge is 2.32. The van der Waals surface area contributed by atoms with E-state index in [2.05, 4.69) is 26.0 Å². The predicted octanol–water partition coefficient (Wildman–Crippen LogP) is 0.743. The van der Waals surface area contributed by atoms with Gasteiger partial charge in [0.25, 0.3) is 15.9 Å². The number of aromatic nitrogens is 3. The lowest BCUT2D eigenvalue weighted by atomic mass is 10.4. The maximum atomic E-state index is 13.0. The van der Waals surface area contributed by atoms with Crippen LogP contribution in [0.1, 0.15) is 12.8 Å². The summed E-state index contributed by atoms with van der Waals surface area (Å²) in [7, 11) is -1.05. The van der Waals surface area contributed by atoms with Gasteiger partial charge >= 0.3 is 0 Å². The zero-order valence-corrected chi connectivity index (χ0v) is 16.2. The first-order chi connectivity index (χ1) is 11.8. The maximum Gasteiger partial charge on any atom is 0.255 e. The SMILES string of the molecule is COc1nn2cc(Br)cnc2c1S(=O)(=O)N(C)CCN1CCCC1=O. The van der Waals surface area contributed by atoms with Crippen molar-refractivity contribution in [3.8, 4) is 5.88 Å². The number of nitrogens with zero attached hydrogens (tertiary/aromatic N) is 5. The van der Waals surface area contributed by atoms with Crippen LogP contribution in [0.4, 0.5) is 0 Å². The Morgan fingerprint density at radius 3 is 2.84 bits per heavy atom. The molecule has 0 aliphatic carbocycles. The topological polar surface area (TPSA) is 97.1 Å². The molecule has 0 bridgehead atoms. The molecule has 136 valence electrons. The van der Waals surface area contributed by atoms with E-state index in [-0.39, 0.29) is 28.9 Å². The number of hydrogen-bond acceptors (Lipinski definition) is 6. The van der Waals surface area contributed by atoms with Crippen LogP contribution in [0, 0.1) is 0 Å². The van der Waals surface area contributed by atoms with Crippen LogP contribution >= 0.6 is 15.9 Å². The summed E-state index contributed by atoms with van der Waals surface area (Å²) < 4.78 is 34.3. The Balaban J connectivity index is 1.90. The fraction of sp³-hybridized carbons (Fsp3) is 0.500. The molecule has 1 aliphatic heterocycles. The number of hydrogen-bond donors (Lipinski definition) is 0. The van der Waals surface area contributed by atoms with Gasteiger partial charge in [0.05, 0.1) is 11.6 Å². The van der Waals surface area contributed by atoms with Crippen LogP contribution in [-0.2, 0) is 14.8 Å². The lowest BCUT2D eigenvalue weighted by molar-refractivity contribution is -0.127. The third-order valence-corrected chi connectivity index (χ3v) is 6.37. The first-order valence-corrected chi connectivity index (χ1v) is 9.90. The summed E-state index contributed by atoms with van der Waals surface area (Å²) >= 11 is 3.27. The summed E-state index contributed by atoms with van der Waals surface area (Å²) in [5.74, 6) is 0.0422. The van der Waals surface area contributed by atoms with Crippen LogP contribution in [0.3, 0.4) is 0 Å². The lowest BCUT2D eigenvalue weighted by Crippen LogP contribution is -2.37. The van der Waals surface area contributed by atoms with Crippen molar-refractivity contribution in [1.82, 2.24) is 23.8 Å². The Hall–Kier alpha value is -1.72. The predicted molar refractivity (Wildman–Crippen MR) is 92.9 cm³/mol. The van der Waals surface area contributed by atoms with E-state index in [0.717, 1.165) is 6.42 Å². The van der Waals surface area contributed by atoms with Gasteiger partial charge in [-0.2, -0.15) is 4.31 Å². The molecule has 1 aliphatic rings. The van der Waals surface area contributed by atoms with E-state index in [1.807, 2.05) is 0 Å². The van der Waals surface area contributed by atoms with Gasteiger partial charge in [0, 0.05) is 45.5 Å². The fourth-order valence-electron chi connectivity index (χ4n) is 2.71. The molecule has 0 spiro atoms. The summed E-state index contributed by atoms with van der Waals surface area (Å²) in [6.45, 7) is 1.21. The number of amides is 1. The molecule has 9 nitrogen and oxygen atoms in total. The summed E-state index contributed by atoms with van der Waals surface area (Å²) in [4.78, 5) is 17.4. The highest BCUT2D eigenvalue weighted by Crippen LogP contribution is 2.29. The quantitative estimate of drug-likeness (QED) is 0.668. The van der Waals surface area contributed by atoms with E-state index in [4.69, 9.17) is 4.74 Å². The molecule has 0 radical (unpaired) electrons. The van der Waals surface area contributed by atoms with E-state index in [1.165, 1.54) is 29.2 Å². The second-order valence-corrected chi connectivity index (χ2v) is 8.59. The average molecular weight is 432 g/mol. The van der Waals surface area contributed by atoms with Gasteiger partial charge < -0.3 is 9.64 Å². The highest BCUT2D eigenvalue weighted by atomic mass is 79.9. The van der Waals surface area contributed by atoms with Crippen molar-refractivity contribution in [3.63, 3.8) is 0 Å². The van der Waals surface area contributed by atoms with Crippen LogP contribution in [0.25, 0.3) is 5.65 Å². The molecule has 0 N–H and O–H groups in total. The normalized spacial score (nSPS) is 15.5. The lowest BCUT2D eigenvalue weighted by Gasteiger charge is -2.21. The number of methoxy groups -OCH3 is 1. The van der Waals surface area contributed by atoms with Gasteiger partial charge in [-0.3, -0.25) is 4.79 Å². The van der Waals surface area contributed by atoms with Crippen molar-refractivity contribution in [2.45, 2.75) is 17.7 Å². The third kappa shape index (κ3) is 3.35. The van der Waals surface area contributed by atoms with E-state index in [0.29, 0.717) is 24.0 Å². The molecule has 3 heterocycles. The first-order valence-electron chi connectivity index (χ1n) is 7.66. The number of rotatable bonds is 6. The number of fused-ring (bicyclic) bond motifs is 1. The van der Waals surface area contributed by atoms with Crippen molar-refractivity contribution in [2.75, 3.05) is 33.8 Å². The highest BCUT2D eigenvalue weighted by molar-refractivity contribution is 9.10. The molecule has 2 aromatic heterocycles. The number of ether oxygens (including phenoxy) is 1. The Morgan fingerprint density at radius 2 is 2.20 bits per heavy atom. The number of carbonyl (C=O) groups excluding carboxylic acids is 1. The van der Waals surface area contributed by atoms with Crippen molar-refractivity contribution in [2.24, 2.45) is 0 Å². The zero-order valence-electron chi connectivity index (χ0n) is 13.8. The summed E-state index contributed by atoms with van der Waals surface area (Å²) in [6, 6.07) is 0. The minimum Gasteiger partial charge on any atom is -0.479 e. The second-order valence-electron chi connectivity index (χ2n) is 5.69. The molecule has 0 saturated carbocycles. The Kier molecular flexibility index (Phi) is 4.98. The molecule has 0 aromatic carbocycles. The van der Waals surface area contributed by atoms with Crippen LogP contribution in [-0.4, -0.2) is 71.9 Å². The summed E-state index contributed by atoms with van der Waals surface area (Å²) in [5, 5.41) is 4.12. The number of halogens is 1. The molecular weight excluding hydrogens is 414 g/mol. The van der Waals surface area contributed by atoms with E-state index in [9.17, 15) is 13.2 Å². The minimum atomic E-state index is -3.88. The smallest absolute Gasteiger partial charge is 0.255 e. The molecule has 3 rings (SSSR count). The van der Waals surface area contributed by atoms with Gasteiger partial charge in [0.1, 0.15) is 0 Å². The number of carbonyl (C=O) groups is 1. The molecule has 1 saturated heterocycles. The Labute approximate surface area is 153 Å². The number of likely N-dealkylation sites (N-methyl/N-ethyl adjacent to an activating group) is 1. The third-order valence-electron chi connectivity index (χ3n) is 4.09. The van der Waals surface area contributed by atoms with Gasteiger partial charge in [0.2, 0.25) is 5.91 Å². The standard InChI is InChI=1S/C14H18BrN5O4S/c1-18(6-7-19-5-3-4-11(19)21)25(22,23)12-13-16-8-10(15)9-20(13)17-14(12)24-2/h8-9H,3-7H2,1-2H3. The van der Waals surface area contributed by atoms with Gasteiger partial charge in [-0.1, -0.05) is 0 Å². The van der Waals surface area contributed by atoms with Crippen LogP contribution < -0.4 is 4.74 Å². The van der Waals surface area contributed by atoms with Crippen molar-refractivity contribution in [3.05, 3.63) is 16.9 Å². The van der Waals surface area contributed by atoms with Crippen LogP contribution in [0.15, 0.2) is 21.8 Å². The molecule has 1 amide bonds. The van der Waals surface area contributed by atoms with Gasteiger partial charge in [0.15, 0.2) is 10.5 Å². The molecule has 0 atom stereocenters. The zero-order chi connectivity index (χ0) is 18.2. The summed E-state index contributed by atoms with van der Waals surface area (Å²) in [5.41, 5.74) is 0.184. The largest absolute Gasteiger partial charge is 0.479 e. The van der Waals surface area contributed by atoms with Gasteiger partial charge in [-0.05, 0) is 22.4 Å². The molecule has 25 heavy (non-hydrogen) atoms. The van der Waals surface area contributed by atoms with E-state index in [1.54, 1.807) is 11.1 Å². The monoisotopic (exact) mass is 431 g/mol. The van der Waals surface area contributed by atoms with E-state index >= 15 is 0 Å². The molecule has 2 aromatic rings. The molecular formula is C14H18BrN5O4S. The summed E-state index contributed by atoms with van der Waals surface area (Å²) in [6.07, 6.45) is 4.44. The van der Waals surface area contributed by atoms with Gasteiger partial charge in [-0.15, -0.1) is 5.10 Å². The van der Waals surface area contributed by atoms with Crippen molar-refractivity contribution in [1.29, 1.82) is 0 Å². The molecule has 0 unspecified atom stereocenters. The fourth-order valence-corrected chi connectivity index (χ4v) is 4.36. The molecule has 1 fully saturated rings. The number of likely N-dealkylation sites (tertiary alicyclic amines) is 1. The van der Waals surface area contributed by atoms with Crippen LogP contribution in [0.2, 0.25) is 0 Å². The van der Waals surface area contributed by atoms with Crippen LogP contribution in [0.5, 0.6) is 5.88 Å². The van der Waals surface area contributed by atoms with E-state index < -0.39 is 10.0 Å². The van der Waals surface area contributed by atoms with Gasteiger partial charge in [-0.25, -0.2) is 17.9 Å². The average Bonchev–Trinajstić information content (AvgIpc) is 3.15. The van der Waals surface area contributed by atoms with Crippen molar-refractivity contribution >= 4 is 37.5 Å². The minimum absolute atomic E-state index is 0.0188. The van der Waals surface area contributed by atoms with Crippen molar-refractivity contribution < 1.29 is 17.9 Å². The Morgan fingerprint density at radius 1 is 1.44 bits per heavy atom. The molecule has 11 heteroatoms. The Bertz CT molecular complexity index is 913. The maximum absolute atomic E-state index is 13.0.